The number of imidazole rings is 1. The molecule has 0 bridgehead atoms. The Morgan fingerprint density at radius 2 is 1.92 bits per heavy atom. The van der Waals surface area contributed by atoms with Gasteiger partial charge in [0.1, 0.15) is 0 Å². The Hall–Kier alpha value is -1.80. The van der Waals surface area contributed by atoms with Gasteiger partial charge in [-0.15, -0.1) is 12.4 Å². The second-order valence-corrected chi connectivity index (χ2v) is 7.02. The number of benzene rings is 2. The predicted molar refractivity (Wildman–Crippen MR) is 108 cm³/mol. The highest BCUT2D eigenvalue weighted by molar-refractivity contribution is 8.01. The van der Waals surface area contributed by atoms with Crippen LogP contribution in [-0.2, 0) is 0 Å². The number of para-hydroxylation sites is 3. The maximum absolute atomic E-state index is 12.7. The smallest absolute Gasteiger partial charge is 0.266 e. The molecule has 1 atom stereocenters. The highest BCUT2D eigenvalue weighted by Crippen LogP contribution is 2.33. The van der Waals surface area contributed by atoms with Crippen molar-refractivity contribution in [1.29, 1.82) is 0 Å². The predicted octanol–water partition coefficient (Wildman–Crippen LogP) is 4.17. The third-order valence-electron chi connectivity index (χ3n) is 3.58. The summed E-state index contributed by atoms with van der Waals surface area (Å²) >= 11 is 12.7. The Morgan fingerprint density at radius 1 is 1.20 bits per heavy atom. The average molecular weight is 411 g/mol. The van der Waals surface area contributed by atoms with Crippen LogP contribution in [0.4, 0.5) is 5.69 Å². The van der Waals surface area contributed by atoms with Gasteiger partial charge in [-0.2, -0.15) is 0 Å². The Kier molecular flexibility index (Phi) is 5.19. The molecule has 4 rings (SSSR count). The van der Waals surface area contributed by atoms with E-state index in [2.05, 4.69) is 15.6 Å². The van der Waals surface area contributed by atoms with E-state index in [4.69, 9.17) is 23.8 Å². The zero-order valence-corrected chi connectivity index (χ0v) is 15.8. The van der Waals surface area contributed by atoms with Crippen LogP contribution in [0.1, 0.15) is 4.79 Å². The molecule has 2 heterocycles. The van der Waals surface area contributed by atoms with Crippen LogP contribution in [0, 0.1) is 0 Å². The number of thiocarbonyl (C=S) groups is 1. The minimum Gasteiger partial charge on any atom is -0.342 e. The van der Waals surface area contributed by atoms with Crippen molar-refractivity contribution in [2.75, 3.05) is 5.32 Å². The zero-order valence-electron chi connectivity index (χ0n) is 12.6. The van der Waals surface area contributed by atoms with Gasteiger partial charge in [-0.05, 0) is 36.5 Å². The van der Waals surface area contributed by atoms with Crippen molar-refractivity contribution < 1.29 is 4.79 Å². The molecule has 25 heavy (non-hydrogen) atoms. The molecule has 2 N–H and O–H groups in total. The van der Waals surface area contributed by atoms with Crippen molar-refractivity contribution in [1.82, 2.24) is 14.9 Å². The number of thioether (sulfide) groups is 1. The fourth-order valence-corrected chi connectivity index (χ4v) is 4.02. The number of anilines is 1. The van der Waals surface area contributed by atoms with Crippen LogP contribution >= 0.6 is 48.0 Å². The molecule has 9 heteroatoms. The lowest BCUT2D eigenvalue weighted by atomic mass is 10.3. The number of carbonyl (C=O) groups is 1. The molecule has 5 nitrogen and oxygen atoms in total. The van der Waals surface area contributed by atoms with E-state index in [0.717, 1.165) is 11.0 Å². The number of halogens is 2. The van der Waals surface area contributed by atoms with Gasteiger partial charge in [0.15, 0.2) is 15.6 Å². The van der Waals surface area contributed by atoms with Gasteiger partial charge in [-0.25, -0.2) is 4.98 Å². The number of aromatic nitrogens is 2. The SMILES string of the molecule is Cl.O=C1C(NC(=S)Nc2ccccc2Cl)Sc2nc3ccccc3n21. The molecule has 1 aliphatic heterocycles. The van der Waals surface area contributed by atoms with Crippen molar-refractivity contribution in [2.45, 2.75) is 10.5 Å². The van der Waals surface area contributed by atoms with Crippen LogP contribution in [-0.4, -0.2) is 25.9 Å². The second kappa shape index (κ2) is 7.21. The summed E-state index contributed by atoms with van der Waals surface area (Å²) in [5.74, 6) is -0.0907. The van der Waals surface area contributed by atoms with Crippen LogP contribution in [0.15, 0.2) is 53.7 Å². The Morgan fingerprint density at radius 3 is 2.72 bits per heavy atom. The van der Waals surface area contributed by atoms with E-state index in [9.17, 15) is 4.79 Å². The monoisotopic (exact) mass is 410 g/mol. The minimum atomic E-state index is -0.514. The van der Waals surface area contributed by atoms with Crippen molar-refractivity contribution in [3.05, 3.63) is 53.6 Å². The van der Waals surface area contributed by atoms with E-state index in [1.807, 2.05) is 42.5 Å². The Labute approximate surface area is 164 Å². The molecule has 0 aliphatic carbocycles. The summed E-state index contributed by atoms with van der Waals surface area (Å²) in [6, 6.07) is 14.8. The standard InChI is InChI=1S/C16H11ClN4OS2.ClH/c17-9-5-1-2-6-10(9)18-15(23)20-13-14(22)21-12-8-4-3-7-11(12)19-16(21)24-13;/h1-8,13H,(H2,18,20,23);1H. The van der Waals surface area contributed by atoms with E-state index in [-0.39, 0.29) is 18.3 Å². The number of nitrogens with zero attached hydrogens (tertiary/aromatic N) is 2. The molecule has 0 saturated carbocycles. The third kappa shape index (κ3) is 3.32. The van der Waals surface area contributed by atoms with E-state index in [1.165, 1.54) is 11.8 Å². The molecule has 0 spiro atoms. The summed E-state index contributed by atoms with van der Waals surface area (Å²) in [5.41, 5.74) is 2.30. The molecule has 128 valence electrons. The molecular formula is C16H12Cl2N4OS2. The maximum Gasteiger partial charge on any atom is 0.266 e. The highest BCUT2D eigenvalue weighted by atomic mass is 35.5. The van der Waals surface area contributed by atoms with Crippen LogP contribution in [0.2, 0.25) is 5.02 Å². The molecule has 0 radical (unpaired) electrons. The first-order chi connectivity index (χ1) is 11.6. The lowest BCUT2D eigenvalue weighted by molar-refractivity contribution is 0.0910. The number of hydrogen-bond donors (Lipinski definition) is 2. The normalized spacial score (nSPS) is 15.6. The lowest BCUT2D eigenvalue weighted by Crippen LogP contribution is -2.40. The van der Waals surface area contributed by atoms with Crippen molar-refractivity contribution in [3.63, 3.8) is 0 Å². The van der Waals surface area contributed by atoms with Crippen LogP contribution in [0.3, 0.4) is 0 Å². The number of rotatable bonds is 2. The zero-order chi connectivity index (χ0) is 16.7. The van der Waals surface area contributed by atoms with E-state index >= 15 is 0 Å². The topological polar surface area (TPSA) is 59.0 Å². The van der Waals surface area contributed by atoms with Crippen LogP contribution in [0.25, 0.3) is 11.0 Å². The summed E-state index contributed by atoms with van der Waals surface area (Å²) in [7, 11) is 0. The van der Waals surface area contributed by atoms with E-state index in [1.54, 1.807) is 10.6 Å². The Balaban J connectivity index is 0.00000182. The van der Waals surface area contributed by atoms with Gasteiger partial charge >= 0.3 is 0 Å². The Bertz CT molecular complexity index is 976. The molecule has 3 aromatic rings. The van der Waals surface area contributed by atoms with Crippen molar-refractivity contribution in [2.24, 2.45) is 0 Å². The lowest BCUT2D eigenvalue weighted by Gasteiger charge is -2.14. The molecule has 1 aliphatic rings. The molecule has 0 saturated heterocycles. The number of fused-ring (bicyclic) bond motifs is 3. The van der Waals surface area contributed by atoms with Gasteiger partial charge in [0.25, 0.3) is 5.91 Å². The largest absolute Gasteiger partial charge is 0.342 e. The van der Waals surface area contributed by atoms with Crippen LogP contribution in [0.5, 0.6) is 0 Å². The molecule has 1 aromatic heterocycles. The van der Waals surface area contributed by atoms with Gasteiger partial charge in [-0.3, -0.25) is 9.36 Å². The molecule has 0 amide bonds. The van der Waals surface area contributed by atoms with Gasteiger partial charge in [0, 0.05) is 0 Å². The first kappa shape index (κ1) is 18.0. The molecule has 0 fully saturated rings. The molecular weight excluding hydrogens is 399 g/mol. The first-order valence-electron chi connectivity index (χ1n) is 7.14. The number of nitrogens with one attached hydrogen (secondary N) is 2. The van der Waals surface area contributed by atoms with E-state index in [0.29, 0.717) is 21.0 Å². The summed E-state index contributed by atoms with van der Waals surface area (Å²) in [6.07, 6.45) is 0. The fourth-order valence-electron chi connectivity index (χ4n) is 2.50. The molecule has 2 aromatic carbocycles. The van der Waals surface area contributed by atoms with Gasteiger partial charge in [0.2, 0.25) is 0 Å². The van der Waals surface area contributed by atoms with Crippen molar-refractivity contribution >= 4 is 75.7 Å². The number of hydrogen-bond acceptors (Lipinski definition) is 4. The minimum absolute atomic E-state index is 0. The van der Waals surface area contributed by atoms with E-state index < -0.39 is 5.37 Å². The summed E-state index contributed by atoms with van der Waals surface area (Å²) in [5, 5.41) is 7.07. The van der Waals surface area contributed by atoms with Crippen molar-refractivity contribution in [3.8, 4) is 0 Å². The van der Waals surface area contributed by atoms with Gasteiger partial charge in [-0.1, -0.05) is 47.6 Å². The summed E-state index contributed by atoms with van der Waals surface area (Å²) in [6.45, 7) is 0. The maximum atomic E-state index is 12.7. The molecule has 1 unspecified atom stereocenters. The average Bonchev–Trinajstić information content (AvgIpc) is 3.07. The van der Waals surface area contributed by atoms with Crippen LogP contribution < -0.4 is 10.6 Å². The third-order valence-corrected chi connectivity index (χ3v) is 5.17. The first-order valence-corrected chi connectivity index (χ1v) is 8.80. The fraction of sp³-hybridized carbons (Fsp3) is 0.0625. The highest BCUT2D eigenvalue weighted by Gasteiger charge is 2.34. The van der Waals surface area contributed by atoms with Gasteiger partial charge < -0.3 is 10.6 Å². The summed E-state index contributed by atoms with van der Waals surface area (Å²) < 4.78 is 1.62. The quantitative estimate of drug-likeness (QED) is 0.618. The summed E-state index contributed by atoms with van der Waals surface area (Å²) in [4.78, 5) is 17.1. The second-order valence-electron chi connectivity index (χ2n) is 5.13. The van der Waals surface area contributed by atoms with Gasteiger partial charge in [0.05, 0.1) is 21.7 Å². The number of carbonyl (C=O) groups excluding carboxylic acids is 1.